The maximum Gasteiger partial charge on any atom is 0.339 e. The molecule has 1 saturated heterocycles. The predicted octanol–water partition coefficient (Wildman–Crippen LogP) is 2.25. The summed E-state index contributed by atoms with van der Waals surface area (Å²) < 4.78 is 16.0. The van der Waals surface area contributed by atoms with Gasteiger partial charge in [-0.15, -0.1) is 0 Å². The van der Waals surface area contributed by atoms with Gasteiger partial charge in [-0.1, -0.05) is 12.1 Å². The lowest BCUT2D eigenvalue weighted by Crippen LogP contribution is -2.56. The molecule has 0 unspecified atom stereocenters. The normalized spacial score (nSPS) is 13.9. The van der Waals surface area contributed by atoms with Crippen molar-refractivity contribution in [2.24, 2.45) is 0 Å². The van der Waals surface area contributed by atoms with Crippen molar-refractivity contribution in [2.75, 3.05) is 20.2 Å². The number of carbonyl (C=O) groups excluding carboxylic acids is 1. The Labute approximate surface area is 160 Å². The molecule has 0 bridgehead atoms. The molecule has 1 amide bonds. The van der Waals surface area contributed by atoms with E-state index in [4.69, 9.17) is 13.9 Å². The number of H-pyrrole nitrogens is 1. The Hall–Kier alpha value is -3.55. The Kier molecular flexibility index (Phi) is 4.60. The molecular formula is C20H19N3O5. The van der Waals surface area contributed by atoms with Crippen molar-refractivity contribution in [3.05, 3.63) is 64.3 Å². The van der Waals surface area contributed by atoms with Crippen molar-refractivity contribution in [1.29, 1.82) is 0 Å². The van der Waals surface area contributed by atoms with Gasteiger partial charge in [0.15, 0.2) is 0 Å². The first-order valence-electron chi connectivity index (χ1n) is 8.80. The topological polar surface area (TPSA) is 97.7 Å². The Morgan fingerprint density at radius 1 is 1.25 bits per heavy atom. The number of amides is 1. The first-order chi connectivity index (χ1) is 13.5. The quantitative estimate of drug-likeness (QED) is 0.728. The van der Waals surface area contributed by atoms with E-state index >= 15 is 0 Å². The predicted molar refractivity (Wildman–Crippen MR) is 101 cm³/mol. The highest BCUT2D eigenvalue weighted by Crippen LogP contribution is 2.29. The SMILES string of the molecule is COc1ccccc1-c1cc(C(=O)N2CC(Oc3cc(C)oc(=O)c3)C2)[nH]n1. The van der Waals surface area contributed by atoms with Crippen LogP contribution in [0.5, 0.6) is 11.5 Å². The molecule has 0 aliphatic carbocycles. The maximum atomic E-state index is 12.6. The number of nitrogens with zero attached hydrogens (tertiary/aromatic N) is 2. The monoisotopic (exact) mass is 381 g/mol. The zero-order valence-electron chi connectivity index (χ0n) is 15.5. The van der Waals surface area contributed by atoms with E-state index in [1.54, 1.807) is 31.1 Å². The van der Waals surface area contributed by atoms with E-state index in [-0.39, 0.29) is 12.0 Å². The summed E-state index contributed by atoms with van der Waals surface area (Å²) in [4.78, 5) is 25.7. The van der Waals surface area contributed by atoms with E-state index in [1.165, 1.54) is 6.07 Å². The van der Waals surface area contributed by atoms with Crippen molar-refractivity contribution in [1.82, 2.24) is 15.1 Å². The minimum absolute atomic E-state index is 0.155. The molecule has 0 saturated carbocycles. The number of benzene rings is 1. The van der Waals surface area contributed by atoms with Crippen LogP contribution in [0.4, 0.5) is 0 Å². The van der Waals surface area contributed by atoms with Gasteiger partial charge in [0.1, 0.15) is 29.1 Å². The number of para-hydroxylation sites is 1. The number of rotatable bonds is 5. The van der Waals surface area contributed by atoms with Gasteiger partial charge in [0, 0.05) is 11.6 Å². The number of aryl methyl sites for hydroxylation is 1. The second kappa shape index (κ2) is 7.22. The smallest absolute Gasteiger partial charge is 0.339 e. The molecule has 1 aromatic carbocycles. The van der Waals surface area contributed by atoms with Gasteiger partial charge in [0.25, 0.3) is 5.91 Å². The Balaban J connectivity index is 1.40. The zero-order valence-corrected chi connectivity index (χ0v) is 15.5. The Morgan fingerprint density at radius 2 is 2.04 bits per heavy atom. The van der Waals surface area contributed by atoms with Crippen LogP contribution < -0.4 is 15.1 Å². The second-order valence-corrected chi connectivity index (χ2v) is 6.54. The van der Waals surface area contributed by atoms with Crippen molar-refractivity contribution in [3.63, 3.8) is 0 Å². The molecule has 8 heteroatoms. The van der Waals surface area contributed by atoms with E-state index in [1.807, 2.05) is 24.3 Å². The lowest BCUT2D eigenvalue weighted by atomic mass is 10.1. The molecule has 2 aromatic heterocycles. The highest BCUT2D eigenvalue weighted by molar-refractivity contribution is 5.94. The molecule has 1 N–H and O–H groups in total. The first kappa shape index (κ1) is 17.8. The number of hydrogen-bond acceptors (Lipinski definition) is 6. The minimum atomic E-state index is -0.455. The van der Waals surface area contributed by atoms with Crippen LogP contribution in [0.25, 0.3) is 11.3 Å². The Bertz CT molecular complexity index is 1070. The third-order valence-corrected chi connectivity index (χ3v) is 4.50. The van der Waals surface area contributed by atoms with Crippen LogP contribution in [0.3, 0.4) is 0 Å². The van der Waals surface area contributed by atoms with Crippen molar-refractivity contribution in [2.45, 2.75) is 13.0 Å². The summed E-state index contributed by atoms with van der Waals surface area (Å²) in [5.74, 6) is 1.47. The molecule has 0 radical (unpaired) electrons. The molecule has 28 heavy (non-hydrogen) atoms. The summed E-state index contributed by atoms with van der Waals surface area (Å²) >= 11 is 0. The lowest BCUT2D eigenvalue weighted by Gasteiger charge is -2.38. The van der Waals surface area contributed by atoms with Crippen molar-refractivity contribution >= 4 is 5.91 Å². The van der Waals surface area contributed by atoms with Crippen LogP contribution >= 0.6 is 0 Å². The fourth-order valence-electron chi connectivity index (χ4n) is 3.11. The van der Waals surface area contributed by atoms with Crippen LogP contribution in [-0.2, 0) is 0 Å². The zero-order chi connectivity index (χ0) is 19.7. The van der Waals surface area contributed by atoms with Crippen LogP contribution in [-0.4, -0.2) is 47.3 Å². The fraction of sp³-hybridized carbons (Fsp3) is 0.250. The van der Waals surface area contributed by atoms with Crippen LogP contribution in [0.1, 0.15) is 16.2 Å². The minimum Gasteiger partial charge on any atom is -0.496 e. The van der Waals surface area contributed by atoms with E-state index < -0.39 is 5.63 Å². The third-order valence-electron chi connectivity index (χ3n) is 4.50. The summed E-state index contributed by atoms with van der Waals surface area (Å²) in [5, 5.41) is 7.03. The number of aromatic amines is 1. The molecule has 0 atom stereocenters. The summed E-state index contributed by atoms with van der Waals surface area (Å²) in [6.07, 6.45) is -0.165. The number of ether oxygens (including phenoxy) is 2. The van der Waals surface area contributed by atoms with E-state index in [9.17, 15) is 9.59 Å². The van der Waals surface area contributed by atoms with Gasteiger partial charge < -0.3 is 18.8 Å². The highest BCUT2D eigenvalue weighted by atomic mass is 16.5. The summed E-state index contributed by atoms with van der Waals surface area (Å²) in [7, 11) is 1.59. The van der Waals surface area contributed by atoms with Gasteiger partial charge in [-0.3, -0.25) is 9.89 Å². The maximum absolute atomic E-state index is 12.6. The molecule has 1 aliphatic heterocycles. The lowest BCUT2D eigenvalue weighted by molar-refractivity contribution is 0.0170. The molecule has 1 fully saturated rings. The molecule has 4 rings (SSSR count). The van der Waals surface area contributed by atoms with Gasteiger partial charge in [-0.2, -0.15) is 5.10 Å². The number of hydrogen-bond donors (Lipinski definition) is 1. The van der Waals surface area contributed by atoms with Gasteiger partial charge in [-0.25, -0.2) is 4.79 Å². The molecule has 1 aliphatic rings. The average Bonchev–Trinajstić information content (AvgIpc) is 3.13. The number of aromatic nitrogens is 2. The van der Waals surface area contributed by atoms with E-state index in [0.717, 1.165) is 5.56 Å². The Morgan fingerprint density at radius 3 is 2.79 bits per heavy atom. The first-order valence-corrected chi connectivity index (χ1v) is 8.80. The van der Waals surface area contributed by atoms with Crippen LogP contribution in [0, 0.1) is 6.92 Å². The molecular weight excluding hydrogens is 362 g/mol. The molecule has 3 aromatic rings. The second-order valence-electron chi connectivity index (χ2n) is 6.54. The number of carbonyl (C=O) groups is 1. The number of methoxy groups -OCH3 is 1. The van der Waals surface area contributed by atoms with Crippen molar-refractivity contribution < 1.29 is 18.7 Å². The summed E-state index contributed by atoms with van der Waals surface area (Å²) in [6, 6.07) is 12.1. The molecule has 3 heterocycles. The van der Waals surface area contributed by atoms with Gasteiger partial charge in [0.05, 0.1) is 32.0 Å². The van der Waals surface area contributed by atoms with Crippen LogP contribution in [0.2, 0.25) is 0 Å². The van der Waals surface area contributed by atoms with E-state index in [2.05, 4.69) is 10.2 Å². The molecule has 0 spiro atoms. The van der Waals surface area contributed by atoms with Gasteiger partial charge in [0.2, 0.25) is 0 Å². The van der Waals surface area contributed by atoms with Gasteiger partial charge in [-0.05, 0) is 25.1 Å². The third kappa shape index (κ3) is 3.48. The standard InChI is InChI=1S/C20H19N3O5/c1-12-7-13(8-19(24)27-12)28-14-10-23(11-14)20(25)17-9-16(21-22-17)15-5-3-4-6-18(15)26-2/h3-9,14H,10-11H2,1-2H3,(H,21,22). The number of likely N-dealkylation sites (tertiary alicyclic amines) is 1. The highest BCUT2D eigenvalue weighted by Gasteiger charge is 2.34. The summed E-state index contributed by atoms with van der Waals surface area (Å²) in [5.41, 5.74) is 1.39. The molecule has 144 valence electrons. The van der Waals surface area contributed by atoms with Crippen molar-refractivity contribution in [3.8, 4) is 22.8 Å². The fourth-order valence-corrected chi connectivity index (χ4v) is 3.11. The van der Waals surface area contributed by atoms with E-state index in [0.29, 0.717) is 41.7 Å². The largest absolute Gasteiger partial charge is 0.496 e. The summed E-state index contributed by atoms with van der Waals surface area (Å²) in [6.45, 7) is 2.55. The van der Waals surface area contributed by atoms with Gasteiger partial charge >= 0.3 is 5.63 Å². The number of nitrogens with one attached hydrogen (secondary N) is 1. The van der Waals surface area contributed by atoms with Crippen LogP contribution in [0.15, 0.2) is 51.7 Å². The molecule has 8 nitrogen and oxygen atoms in total. The average molecular weight is 381 g/mol.